The molecule has 5 rings (SSSR count). The Hall–Kier alpha value is -5.42. The van der Waals surface area contributed by atoms with Crippen molar-refractivity contribution in [2.75, 3.05) is 69.7 Å². The van der Waals surface area contributed by atoms with Gasteiger partial charge in [0.1, 0.15) is 17.9 Å². The Morgan fingerprint density at radius 2 is 1.52 bits per heavy atom. The summed E-state index contributed by atoms with van der Waals surface area (Å²) in [5.41, 5.74) is -1.18. The molecule has 17 heteroatoms. The van der Waals surface area contributed by atoms with Gasteiger partial charge in [0, 0.05) is 49.9 Å². The van der Waals surface area contributed by atoms with E-state index < -0.39 is 36.4 Å². The third kappa shape index (κ3) is 12.1. The first-order valence-electron chi connectivity index (χ1n) is 17.9. The van der Waals surface area contributed by atoms with Crippen LogP contribution in [0.2, 0.25) is 0 Å². The van der Waals surface area contributed by atoms with Crippen LogP contribution in [0.4, 0.5) is 16.3 Å². The van der Waals surface area contributed by atoms with E-state index in [1.807, 2.05) is 55.1 Å². The van der Waals surface area contributed by atoms with Crippen molar-refractivity contribution < 1.29 is 53.8 Å². The molecule has 1 aromatic heterocycles. The number of rotatable bonds is 15. The zero-order valence-corrected chi connectivity index (χ0v) is 30.9. The number of carboxylic acid groups (broad SMARTS) is 3. The number of likely N-dealkylation sites (tertiary alicyclic amines) is 1. The summed E-state index contributed by atoms with van der Waals surface area (Å²) < 4.78 is 17.5. The second-order valence-electron chi connectivity index (χ2n) is 13.4. The summed E-state index contributed by atoms with van der Waals surface area (Å²) in [6, 6.07) is 11.3. The zero-order chi connectivity index (χ0) is 39.3. The Morgan fingerprint density at radius 1 is 0.870 bits per heavy atom. The number of aliphatic carboxylic acids is 3. The maximum Gasteiger partial charge on any atom is 0.336 e. The SMILES string of the molecule is COc1cc2c(N3CCN(C(=O)Nc4ccc(OC(C)C)cc4)CC3)ncnc2cc1OCCCN1CCCCC1.O=C(O)CC(O)(CC(=O)O)C(=O)O. The molecule has 17 nitrogen and oxygen atoms in total. The van der Waals surface area contributed by atoms with Gasteiger partial charge >= 0.3 is 23.9 Å². The second-order valence-corrected chi connectivity index (χ2v) is 13.4. The number of nitrogens with one attached hydrogen (secondary N) is 1. The molecule has 0 unspecified atom stereocenters. The van der Waals surface area contributed by atoms with Crippen LogP contribution >= 0.6 is 0 Å². The van der Waals surface area contributed by atoms with Crippen LogP contribution in [0.3, 0.4) is 0 Å². The maximum atomic E-state index is 12.9. The first kappa shape index (κ1) is 41.3. The van der Waals surface area contributed by atoms with Gasteiger partial charge < -0.3 is 54.7 Å². The molecule has 2 aliphatic heterocycles. The summed E-state index contributed by atoms with van der Waals surface area (Å²) in [6.45, 7) is 10.6. The lowest BCUT2D eigenvalue weighted by molar-refractivity contribution is -0.170. The van der Waals surface area contributed by atoms with E-state index in [1.54, 1.807) is 13.4 Å². The van der Waals surface area contributed by atoms with Gasteiger partial charge in [-0.15, -0.1) is 0 Å². The largest absolute Gasteiger partial charge is 0.493 e. The van der Waals surface area contributed by atoms with E-state index in [9.17, 15) is 19.2 Å². The van der Waals surface area contributed by atoms with Gasteiger partial charge in [-0.3, -0.25) is 9.59 Å². The van der Waals surface area contributed by atoms with Gasteiger partial charge in [-0.1, -0.05) is 6.42 Å². The lowest BCUT2D eigenvalue weighted by Gasteiger charge is -2.35. The first-order chi connectivity index (χ1) is 25.8. The quantitative estimate of drug-likeness (QED) is 0.139. The third-order valence-corrected chi connectivity index (χ3v) is 8.85. The molecule has 2 saturated heterocycles. The molecular formula is C37H50N6O11. The molecule has 3 aromatic rings. The molecule has 0 atom stereocenters. The van der Waals surface area contributed by atoms with E-state index in [2.05, 4.69) is 25.1 Å². The fourth-order valence-electron chi connectivity index (χ4n) is 6.15. The van der Waals surface area contributed by atoms with Crippen LogP contribution in [0.25, 0.3) is 10.9 Å². The summed E-state index contributed by atoms with van der Waals surface area (Å²) in [6.07, 6.45) is 4.33. The number of nitrogens with zero attached hydrogens (tertiary/aromatic N) is 5. The standard InChI is InChI=1S/C31H42N6O4.C6H8O7/c1-23(2)41-25-10-8-24(9-11-25)34-31(38)37-17-15-36(16-18-37)30-26-20-28(39-3)29(21-27(26)32-22-33-30)40-19-7-14-35-12-5-4-6-13-35;7-3(8)1-6(13,5(11)12)2-4(9)10/h8-11,20-23H,4-7,12-19H2,1-3H3,(H,34,38);13H,1-2H2,(H,7,8)(H,9,10)(H,11,12). The molecule has 0 bridgehead atoms. The predicted molar refractivity (Wildman–Crippen MR) is 199 cm³/mol. The van der Waals surface area contributed by atoms with Crippen molar-refractivity contribution in [3.8, 4) is 17.2 Å². The molecule has 3 heterocycles. The number of anilines is 2. The van der Waals surface area contributed by atoms with E-state index >= 15 is 0 Å². The fraction of sp³-hybridized carbons (Fsp3) is 0.514. The van der Waals surface area contributed by atoms with Gasteiger partial charge in [0.15, 0.2) is 17.1 Å². The summed E-state index contributed by atoms with van der Waals surface area (Å²) >= 11 is 0. The topological polar surface area (TPSA) is 224 Å². The van der Waals surface area contributed by atoms with Crippen molar-refractivity contribution in [3.05, 3.63) is 42.7 Å². The van der Waals surface area contributed by atoms with Gasteiger partial charge in [0.05, 0.1) is 38.2 Å². The molecule has 5 N–H and O–H groups in total. The van der Waals surface area contributed by atoms with Gasteiger partial charge in [-0.25, -0.2) is 19.6 Å². The summed E-state index contributed by atoms with van der Waals surface area (Å²) in [5, 5.41) is 37.7. The average Bonchev–Trinajstić information content (AvgIpc) is 3.13. The summed E-state index contributed by atoms with van der Waals surface area (Å²) in [7, 11) is 1.66. The Bertz CT molecular complexity index is 1710. The lowest BCUT2D eigenvalue weighted by Crippen LogP contribution is -2.50. The number of methoxy groups -OCH3 is 1. The third-order valence-electron chi connectivity index (χ3n) is 8.85. The van der Waals surface area contributed by atoms with Crippen LogP contribution in [0.5, 0.6) is 17.2 Å². The molecule has 294 valence electrons. The monoisotopic (exact) mass is 754 g/mol. The number of carbonyl (C=O) groups is 4. The van der Waals surface area contributed by atoms with Crippen LogP contribution in [-0.4, -0.2) is 135 Å². The zero-order valence-electron chi connectivity index (χ0n) is 30.9. The van der Waals surface area contributed by atoms with Crippen molar-refractivity contribution >= 4 is 46.3 Å². The second kappa shape index (κ2) is 19.6. The van der Waals surface area contributed by atoms with E-state index in [4.69, 9.17) is 34.6 Å². The first-order valence-corrected chi connectivity index (χ1v) is 17.9. The number of aromatic nitrogens is 2. The number of carboxylic acids is 3. The van der Waals surface area contributed by atoms with Crippen molar-refractivity contribution in [2.45, 2.75) is 64.1 Å². The van der Waals surface area contributed by atoms with Crippen LogP contribution < -0.4 is 24.4 Å². The highest BCUT2D eigenvalue weighted by molar-refractivity contribution is 5.93. The fourth-order valence-corrected chi connectivity index (χ4v) is 6.15. The molecule has 2 fully saturated rings. The molecule has 0 radical (unpaired) electrons. The smallest absolute Gasteiger partial charge is 0.336 e. The van der Waals surface area contributed by atoms with Crippen LogP contribution in [-0.2, 0) is 14.4 Å². The van der Waals surface area contributed by atoms with Gasteiger partial charge in [0.2, 0.25) is 0 Å². The Labute approximate surface area is 313 Å². The number of hydrogen-bond acceptors (Lipinski definition) is 12. The van der Waals surface area contributed by atoms with Gasteiger partial charge in [0.25, 0.3) is 0 Å². The molecular weight excluding hydrogens is 704 g/mol. The van der Waals surface area contributed by atoms with Crippen molar-refractivity contribution in [3.63, 3.8) is 0 Å². The lowest BCUT2D eigenvalue weighted by atomic mass is 9.96. The van der Waals surface area contributed by atoms with E-state index in [0.717, 1.165) is 41.1 Å². The number of hydrogen-bond donors (Lipinski definition) is 5. The van der Waals surface area contributed by atoms with E-state index in [-0.39, 0.29) is 12.1 Å². The molecule has 2 aliphatic rings. The molecule has 2 aromatic carbocycles. The minimum Gasteiger partial charge on any atom is -0.493 e. The molecule has 0 spiro atoms. The molecule has 0 aliphatic carbocycles. The van der Waals surface area contributed by atoms with Crippen molar-refractivity contribution in [2.24, 2.45) is 0 Å². The normalized spacial score (nSPS) is 14.9. The number of piperazine rings is 1. The highest BCUT2D eigenvalue weighted by Crippen LogP contribution is 2.35. The average molecular weight is 755 g/mol. The Balaban J connectivity index is 0.000000428. The van der Waals surface area contributed by atoms with E-state index in [0.29, 0.717) is 44.3 Å². The molecule has 2 amide bonds. The highest BCUT2D eigenvalue weighted by atomic mass is 16.5. The number of urea groups is 1. The number of carbonyl (C=O) groups excluding carboxylic acids is 1. The number of fused-ring (bicyclic) bond motifs is 1. The van der Waals surface area contributed by atoms with Crippen LogP contribution in [0.15, 0.2) is 42.7 Å². The molecule has 54 heavy (non-hydrogen) atoms. The summed E-state index contributed by atoms with van der Waals surface area (Å²) in [4.78, 5) is 59.1. The van der Waals surface area contributed by atoms with Gasteiger partial charge in [-0.05, 0) is 76.5 Å². The number of ether oxygens (including phenoxy) is 3. The van der Waals surface area contributed by atoms with Crippen LogP contribution in [0.1, 0.15) is 52.4 Å². The highest BCUT2D eigenvalue weighted by Gasteiger charge is 2.40. The van der Waals surface area contributed by atoms with E-state index in [1.165, 1.54) is 32.4 Å². The van der Waals surface area contributed by atoms with Crippen LogP contribution in [0, 0.1) is 0 Å². The Kier molecular flexibility index (Phi) is 15.0. The van der Waals surface area contributed by atoms with Crippen molar-refractivity contribution in [1.29, 1.82) is 0 Å². The summed E-state index contributed by atoms with van der Waals surface area (Å²) in [5.74, 6) is -2.02. The Morgan fingerprint density at radius 3 is 2.09 bits per heavy atom. The number of piperidine rings is 1. The molecule has 0 saturated carbocycles. The maximum absolute atomic E-state index is 12.9. The number of amides is 2. The predicted octanol–water partition coefficient (Wildman–Crippen LogP) is 3.79. The number of aliphatic hydroxyl groups is 1. The minimum atomic E-state index is -2.74. The van der Waals surface area contributed by atoms with Crippen molar-refractivity contribution in [1.82, 2.24) is 19.8 Å². The number of benzene rings is 2. The van der Waals surface area contributed by atoms with Gasteiger partial charge in [-0.2, -0.15) is 0 Å². The minimum absolute atomic E-state index is 0.106.